The fourth-order valence-corrected chi connectivity index (χ4v) is 1.02. The number of thioether (sulfide) groups is 1. The Hall–Kier alpha value is -0.190. The third-order valence-corrected chi connectivity index (χ3v) is 1.90. The average Bonchev–Trinajstić information content (AvgIpc) is 1.88. The van der Waals surface area contributed by atoms with E-state index in [-0.39, 0.29) is 0 Å². The Labute approximate surface area is 68.2 Å². The fraction of sp³-hybridized carbons (Fsp3) is 0.400. The molecule has 0 heterocycles. The average molecular weight is 182 g/mol. The second kappa shape index (κ2) is 5.58. The molecule has 0 aliphatic rings. The Morgan fingerprint density at radius 3 is 2.90 bits per heavy atom. The minimum atomic E-state index is -0.990. The summed E-state index contributed by atoms with van der Waals surface area (Å²) in [4.78, 5) is 10.1. The molecule has 1 atom stereocenters. The van der Waals surface area contributed by atoms with Gasteiger partial charge in [-0.1, -0.05) is 11.6 Å². The molecule has 5 heteroatoms. The van der Waals surface area contributed by atoms with Crippen molar-refractivity contribution in [2.75, 3.05) is 5.75 Å². The molecule has 0 spiro atoms. The topological polar surface area (TPSA) is 63.3 Å². The number of carbonyl (C=O) groups is 1. The van der Waals surface area contributed by atoms with Crippen molar-refractivity contribution in [2.45, 2.75) is 6.04 Å². The predicted molar refractivity (Wildman–Crippen MR) is 43.1 cm³/mol. The van der Waals surface area contributed by atoms with E-state index in [9.17, 15) is 4.79 Å². The molecule has 0 rings (SSSR count). The number of nitrogens with two attached hydrogens (primary N) is 1. The van der Waals surface area contributed by atoms with Gasteiger partial charge in [-0.15, -0.1) is 11.8 Å². The lowest BCUT2D eigenvalue weighted by Crippen LogP contribution is -2.32. The molecule has 0 aliphatic heterocycles. The summed E-state index contributed by atoms with van der Waals surface area (Å²) in [7, 11) is 0. The number of carboxylic acid groups (broad SMARTS) is 1. The van der Waals surface area contributed by atoms with Gasteiger partial charge in [0.1, 0.15) is 6.04 Å². The Kier molecular flexibility index (Phi) is 5.48. The quantitative estimate of drug-likeness (QED) is 0.675. The van der Waals surface area contributed by atoms with Crippen LogP contribution in [0.2, 0.25) is 0 Å². The van der Waals surface area contributed by atoms with Crippen LogP contribution in [0.1, 0.15) is 0 Å². The Morgan fingerprint density at radius 1 is 1.90 bits per heavy atom. The smallest absolute Gasteiger partial charge is 0.321 e. The molecule has 0 unspecified atom stereocenters. The number of hydrogen-bond donors (Lipinski definition) is 2. The van der Waals surface area contributed by atoms with Crippen LogP contribution in [0.15, 0.2) is 10.9 Å². The fourth-order valence-electron chi connectivity index (χ4n) is 0.267. The molecule has 0 bridgehead atoms. The first-order valence-corrected chi connectivity index (χ1v) is 4.02. The summed E-state index contributed by atoms with van der Waals surface area (Å²) in [6, 6.07) is -0.808. The van der Waals surface area contributed by atoms with Gasteiger partial charge in [-0.25, -0.2) is 0 Å². The van der Waals surface area contributed by atoms with E-state index in [1.165, 1.54) is 17.3 Å². The van der Waals surface area contributed by atoms with Crippen molar-refractivity contribution >= 4 is 29.3 Å². The third kappa shape index (κ3) is 4.67. The summed E-state index contributed by atoms with van der Waals surface area (Å²) >= 11 is 6.45. The highest BCUT2D eigenvalue weighted by Gasteiger charge is 2.09. The van der Waals surface area contributed by atoms with Crippen LogP contribution >= 0.6 is 23.4 Å². The van der Waals surface area contributed by atoms with E-state index in [4.69, 9.17) is 22.4 Å². The highest BCUT2D eigenvalue weighted by molar-refractivity contribution is 8.02. The maximum atomic E-state index is 10.1. The minimum absolute atomic E-state index is 0.346. The third-order valence-electron chi connectivity index (χ3n) is 0.741. The minimum Gasteiger partial charge on any atom is -0.480 e. The SMILES string of the molecule is N[C@@H](CSC=CCl)C(=O)O. The van der Waals surface area contributed by atoms with Crippen LogP contribution in [0, 0.1) is 0 Å². The van der Waals surface area contributed by atoms with Gasteiger partial charge in [0.2, 0.25) is 0 Å². The Bertz CT molecular complexity index is 140. The summed E-state index contributed by atoms with van der Waals surface area (Å²) in [6.07, 6.45) is 0. The summed E-state index contributed by atoms with van der Waals surface area (Å²) < 4.78 is 0. The van der Waals surface area contributed by atoms with Crippen LogP contribution < -0.4 is 5.73 Å². The van der Waals surface area contributed by atoms with Crippen molar-refractivity contribution in [3.63, 3.8) is 0 Å². The summed E-state index contributed by atoms with van der Waals surface area (Å²) in [5, 5.41) is 9.87. The first-order valence-electron chi connectivity index (χ1n) is 2.53. The maximum Gasteiger partial charge on any atom is 0.321 e. The summed E-state index contributed by atoms with van der Waals surface area (Å²) in [5.74, 6) is -0.645. The molecule has 0 amide bonds. The van der Waals surface area contributed by atoms with E-state index < -0.39 is 12.0 Å². The number of hydrogen-bond acceptors (Lipinski definition) is 3. The van der Waals surface area contributed by atoms with Gasteiger partial charge in [0, 0.05) is 11.3 Å². The zero-order chi connectivity index (χ0) is 7.98. The maximum absolute atomic E-state index is 10.1. The van der Waals surface area contributed by atoms with Crippen LogP contribution in [0.4, 0.5) is 0 Å². The van der Waals surface area contributed by atoms with Crippen LogP contribution in [0.25, 0.3) is 0 Å². The molecule has 0 aromatic heterocycles. The Balaban J connectivity index is 3.39. The number of halogens is 1. The van der Waals surface area contributed by atoms with Gasteiger partial charge in [0.25, 0.3) is 0 Å². The van der Waals surface area contributed by atoms with Crippen molar-refractivity contribution in [1.29, 1.82) is 0 Å². The van der Waals surface area contributed by atoms with Crippen molar-refractivity contribution in [3.8, 4) is 0 Å². The van der Waals surface area contributed by atoms with E-state index in [1.807, 2.05) is 0 Å². The zero-order valence-electron chi connectivity index (χ0n) is 5.16. The molecule has 3 nitrogen and oxygen atoms in total. The molecule has 0 saturated carbocycles. The highest BCUT2D eigenvalue weighted by Crippen LogP contribution is 2.03. The first kappa shape index (κ1) is 9.81. The Morgan fingerprint density at radius 2 is 2.50 bits per heavy atom. The van der Waals surface area contributed by atoms with Crippen LogP contribution in [-0.4, -0.2) is 22.9 Å². The zero-order valence-corrected chi connectivity index (χ0v) is 6.73. The molecule has 0 radical (unpaired) electrons. The molecular weight excluding hydrogens is 174 g/mol. The van der Waals surface area contributed by atoms with Gasteiger partial charge in [0.05, 0.1) is 0 Å². The summed E-state index contributed by atoms with van der Waals surface area (Å²) in [5.41, 5.74) is 6.48. The van der Waals surface area contributed by atoms with Crippen molar-refractivity contribution in [2.24, 2.45) is 5.73 Å². The van der Waals surface area contributed by atoms with Gasteiger partial charge in [-0.05, 0) is 5.41 Å². The standard InChI is InChI=1S/C5H8ClNO2S/c6-1-2-10-3-4(7)5(8)9/h1-2,4H,3,7H2,(H,8,9)/t4-/m0/s1. The van der Waals surface area contributed by atoms with Crippen LogP contribution in [-0.2, 0) is 4.79 Å². The van der Waals surface area contributed by atoms with E-state index in [0.717, 1.165) is 0 Å². The number of aliphatic carboxylic acids is 1. The predicted octanol–water partition coefficient (Wildman–Crippen LogP) is 0.842. The van der Waals surface area contributed by atoms with Crippen LogP contribution in [0.3, 0.4) is 0 Å². The lowest BCUT2D eigenvalue weighted by atomic mass is 10.4. The first-order chi connectivity index (χ1) is 4.68. The molecular formula is C5H8ClNO2S. The largest absolute Gasteiger partial charge is 0.480 e. The highest BCUT2D eigenvalue weighted by atomic mass is 35.5. The van der Waals surface area contributed by atoms with E-state index in [1.54, 1.807) is 5.41 Å². The van der Waals surface area contributed by atoms with E-state index in [0.29, 0.717) is 5.75 Å². The van der Waals surface area contributed by atoms with Crippen molar-refractivity contribution in [1.82, 2.24) is 0 Å². The second-order valence-electron chi connectivity index (χ2n) is 1.54. The number of carboxylic acids is 1. The molecule has 0 aliphatic carbocycles. The molecule has 3 N–H and O–H groups in total. The van der Waals surface area contributed by atoms with Gasteiger partial charge >= 0.3 is 5.97 Å². The summed E-state index contributed by atoms with van der Waals surface area (Å²) in [6.45, 7) is 0. The van der Waals surface area contributed by atoms with E-state index in [2.05, 4.69) is 0 Å². The van der Waals surface area contributed by atoms with Gasteiger partial charge < -0.3 is 10.8 Å². The van der Waals surface area contributed by atoms with Gasteiger partial charge in [-0.2, -0.15) is 0 Å². The second-order valence-corrected chi connectivity index (χ2v) is 2.73. The molecule has 0 aromatic carbocycles. The lowest BCUT2D eigenvalue weighted by Gasteiger charge is -2.00. The molecule has 0 saturated heterocycles. The normalized spacial score (nSPS) is 13.8. The lowest BCUT2D eigenvalue weighted by molar-refractivity contribution is -0.137. The van der Waals surface area contributed by atoms with Gasteiger partial charge in [-0.3, -0.25) is 4.79 Å². The molecule has 0 fully saturated rings. The van der Waals surface area contributed by atoms with E-state index >= 15 is 0 Å². The van der Waals surface area contributed by atoms with Crippen molar-refractivity contribution < 1.29 is 9.90 Å². The molecule has 58 valence electrons. The van der Waals surface area contributed by atoms with Crippen LogP contribution in [0.5, 0.6) is 0 Å². The number of rotatable bonds is 4. The van der Waals surface area contributed by atoms with Gasteiger partial charge in [0.15, 0.2) is 0 Å². The van der Waals surface area contributed by atoms with Crippen molar-refractivity contribution in [3.05, 3.63) is 10.9 Å². The monoisotopic (exact) mass is 181 g/mol. The molecule has 10 heavy (non-hydrogen) atoms. The molecule has 0 aromatic rings.